The first kappa shape index (κ1) is 17.0. The third kappa shape index (κ3) is 4.81. The normalized spacial score (nSPS) is 15.4. The highest BCUT2D eigenvalue weighted by Gasteiger charge is 2.12. The van der Waals surface area contributed by atoms with Gasteiger partial charge in [-0.05, 0) is 68.0 Å². The molecule has 3 nitrogen and oxygen atoms in total. The van der Waals surface area contributed by atoms with E-state index in [1.54, 1.807) is 0 Å². The Bertz CT molecular complexity index is 645. The Morgan fingerprint density at radius 1 is 1.08 bits per heavy atom. The Hall–Kier alpha value is -1.87. The van der Waals surface area contributed by atoms with E-state index in [2.05, 4.69) is 47.6 Å². The Morgan fingerprint density at radius 3 is 2.62 bits per heavy atom. The molecule has 128 valence electrons. The monoisotopic (exact) mass is 324 g/mol. The lowest BCUT2D eigenvalue weighted by molar-refractivity contribution is 0.240. The van der Waals surface area contributed by atoms with Crippen LogP contribution in [0.1, 0.15) is 54.5 Å². The predicted molar refractivity (Wildman–Crippen MR) is 98.5 cm³/mol. The van der Waals surface area contributed by atoms with Gasteiger partial charge in [0.25, 0.3) is 0 Å². The first-order valence-electron chi connectivity index (χ1n) is 9.08. The van der Waals surface area contributed by atoms with E-state index < -0.39 is 0 Å². The van der Waals surface area contributed by atoms with Gasteiger partial charge in [0.2, 0.25) is 0 Å². The highest BCUT2D eigenvalue weighted by molar-refractivity contribution is 5.37. The molecular formula is C21H28N2O. The van der Waals surface area contributed by atoms with Crippen LogP contribution in [0.5, 0.6) is 5.75 Å². The van der Waals surface area contributed by atoms with E-state index in [-0.39, 0.29) is 0 Å². The fraction of sp³-hybridized carbons (Fsp3) is 0.476. The lowest BCUT2D eigenvalue weighted by Gasteiger charge is -2.23. The van der Waals surface area contributed by atoms with E-state index in [0.717, 1.165) is 17.9 Å². The topological polar surface area (TPSA) is 34.1 Å². The summed E-state index contributed by atoms with van der Waals surface area (Å²) >= 11 is 0. The van der Waals surface area contributed by atoms with Crippen molar-refractivity contribution in [1.29, 1.82) is 0 Å². The molecule has 1 saturated carbocycles. The zero-order valence-electron chi connectivity index (χ0n) is 14.8. The number of pyridine rings is 1. The molecule has 1 heterocycles. The molecule has 0 radical (unpaired) electrons. The maximum Gasteiger partial charge on any atom is 0.139 e. The molecule has 1 fully saturated rings. The van der Waals surface area contributed by atoms with Gasteiger partial charge in [-0.25, -0.2) is 0 Å². The lowest BCUT2D eigenvalue weighted by atomic mass is 9.96. The Kier molecular flexibility index (Phi) is 5.86. The van der Waals surface area contributed by atoms with Gasteiger partial charge in [0.05, 0.1) is 0 Å². The van der Waals surface area contributed by atoms with Gasteiger partial charge in [-0.15, -0.1) is 0 Å². The van der Waals surface area contributed by atoms with Crippen molar-refractivity contribution in [1.82, 2.24) is 10.3 Å². The van der Waals surface area contributed by atoms with E-state index in [1.165, 1.54) is 48.8 Å². The molecule has 3 heteroatoms. The molecule has 1 N–H and O–H groups in total. The summed E-state index contributed by atoms with van der Waals surface area (Å²) in [5.74, 6) is 0.946. The summed E-state index contributed by atoms with van der Waals surface area (Å²) in [4.78, 5) is 4.37. The summed E-state index contributed by atoms with van der Waals surface area (Å²) in [6, 6.07) is 11.2. The third-order valence-electron chi connectivity index (χ3n) is 4.90. The zero-order valence-corrected chi connectivity index (χ0v) is 14.8. The van der Waals surface area contributed by atoms with Crippen LogP contribution in [0, 0.1) is 13.8 Å². The van der Waals surface area contributed by atoms with Gasteiger partial charge >= 0.3 is 0 Å². The number of hydrogen-bond donors (Lipinski definition) is 1. The van der Waals surface area contributed by atoms with Crippen molar-refractivity contribution in [2.45, 2.75) is 58.4 Å². The van der Waals surface area contributed by atoms with E-state index in [9.17, 15) is 0 Å². The molecule has 0 atom stereocenters. The van der Waals surface area contributed by atoms with Crippen LogP contribution >= 0.6 is 0 Å². The van der Waals surface area contributed by atoms with Gasteiger partial charge in [-0.3, -0.25) is 10.3 Å². The van der Waals surface area contributed by atoms with Crippen molar-refractivity contribution >= 4 is 0 Å². The van der Waals surface area contributed by atoms with Gasteiger partial charge in [-0.1, -0.05) is 31.4 Å². The molecule has 1 aliphatic rings. The first-order valence-corrected chi connectivity index (χ1v) is 9.08. The average molecular weight is 324 g/mol. The first-order chi connectivity index (χ1) is 11.7. The summed E-state index contributed by atoms with van der Waals surface area (Å²) in [6.45, 7) is 4.77. The summed E-state index contributed by atoms with van der Waals surface area (Å²) in [7, 11) is 0. The number of nitrogens with zero attached hydrogens (tertiary/aromatic N) is 1. The number of nitrogens with one attached hydrogen (secondary N) is 1. The second kappa shape index (κ2) is 8.29. The third-order valence-corrected chi connectivity index (χ3v) is 4.90. The molecule has 2 aromatic rings. The predicted octanol–water partition coefficient (Wildman–Crippen LogP) is 4.55. The van der Waals surface area contributed by atoms with Gasteiger partial charge in [0.1, 0.15) is 12.5 Å². The molecular weight excluding hydrogens is 296 g/mol. The van der Waals surface area contributed by atoms with Crippen LogP contribution in [0.3, 0.4) is 0 Å². The molecule has 0 spiro atoms. The molecule has 1 aromatic carbocycles. The fourth-order valence-electron chi connectivity index (χ4n) is 3.33. The second-order valence-corrected chi connectivity index (χ2v) is 6.90. The number of hydrogen-bond acceptors (Lipinski definition) is 3. The van der Waals surface area contributed by atoms with E-state index >= 15 is 0 Å². The molecule has 0 saturated heterocycles. The van der Waals surface area contributed by atoms with Crippen molar-refractivity contribution in [3.63, 3.8) is 0 Å². The highest BCUT2D eigenvalue weighted by atomic mass is 16.5. The van der Waals surface area contributed by atoms with Crippen molar-refractivity contribution in [2.75, 3.05) is 6.73 Å². The van der Waals surface area contributed by atoms with Crippen LogP contribution in [0.4, 0.5) is 0 Å². The average Bonchev–Trinajstić information content (AvgIpc) is 2.60. The smallest absolute Gasteiger partial charge is 0.139 e. The van der Waals surface area contributed by atoms with Crippen LogP contribution in [0.2, 0.25) is 0 Å². The Morgan fingerprint density at radius 2 is 1.92 bits per heavy atom. The Balaban J connectivity index is 1.53. The standard InChI is InChI=1S/C21H28N2O/c1-16-12-21(24-15-23-20-6-4-3-5-7-20)11-10-19(16)13-18-9-8-17(2)22-14-18/h8-12,14,20,23H,3-7,13,15H2,1-2H3. The molecule has 24 heavy (non-hydrogen) atoms. The number of aryl methyl sites for hydroxylation is 2. The summed E-state index contributed by atoms with van der Waals surface area (Å²) in [5.41, 5.74) is 4.90. The van der Waals surface area contributed by atoms with Gasteiger partial charge < -0.3 is 4.74 Å². The Labute approximate surface area is 145 Å². The minimum absolute atomic E-state index is 0.603. The quantitative estimate of drug-likeness (QED) is 0.792. The van der Waals surface area contributed by atoms with Crippen LogP contribution < -0.4 is 10.1 Å². The molecule has 1 aliphatic carbocycles. The van der Waals surface area contributed by atoms with Crippen LogP contribution in [-0.2, 0) is 6.42 Å². The highest BCUT2D eigenvalue weighted by Crippen LogP contribution is 2.21. The van der Waals surface area contributed by atoms with Gasteiger partial charge in [-0.2, -0.15) is 0 Å². The van der Waals surface area contributed by atoms with Crippen LogP contribution in [-0.4, -0.2) is 17.8 Å². The molecule has 0 bridgehead atoms. The molecule has 1 aromatic heterocycles. The number of aromatic nitrogens is 1. The van der Waals surface area contributed by atoms with E-state index in [4.69, 9.17) is 4.74 Å². The number of benzene rings is 1. The maximum absolute atomic E-state index is 5.89. The molecule has 0 unspecified atom stereocenters. The summed E-state index contributed by atoms with van der Waals surface area (Å²) in [6.07, 6.45) is 9.53. The second-order valence-electron chi connectivity index (χ2n) is 6.90. The van der Waals surface area contributed by atoms with Gasteiger partial charge in [0, 0.05) is 17.9 Å². The van der Waals surface area contributed by atoms with E-state index in [1.807, 2.05) is 13.1 Å². The SMILES string of the molecule is Cc1ccc(Cc2ccc(OCNC3CCCCC3)cc2C)cn1. The minimum Gasteiger partial charge on any atom is -0.478 e. The van der Waals surface area contributed by atoms with Gasteiger partial charge in [0.15, 0.2) is 0 Å². The van der Waals surface area contributed by atoms with E-state index in [0.29, 0.717) is 12.8 Å². The maximum atomic E-state index is 5.89. The fourth-order valence-corrected chi connectivity index (χ4v) is 3.33. The van der Waals surface area contributed by atoms with Crippen LogP contribution in [0.25, 0.3) is 0 Å². The van der Waals surface area contributed by atoms with Crippen LogP contribution in [0.15, 0.2) is 36.5 Å². The molecule has 0 aliphatic heterocycles. The minimum atomic E-state index is 0.603. The number of ether oxygens (including phenoxy) is 1. The largest absolute Gasteiger partial charge is 0.478 e. The molecule has 0 amide bonds. The summed E-state index contributed by atoms with van der Waals surface area (Å²) < 4.78 is 5.89. The molecule has 3 rings (SSSR count). The number of rotatable bonds is 6. The van der Waals surface area contributed by atoms with Crippen molar-refractivity contribution in [3.8, 4) is 5.75 Å². The van der Waals surface area contributed by atoms with Crippen molar-refractivity contribution in [3.05, 3.63) is 58.9 Å². The van der Waals surface area contributed by atoms with Crippen molar-refractivity contribution < 1.29 is 4.74 Å². The summed E-state index contributed by atoms with van der Waals surface area (Å²) in [5, 5.41) is 3.52. The van der Waals surface area contributed by atoms with Crippen molar-refractivity contribution in [2.24, 2.45) is 0 Å². The lowest BCUT2D eigenvalue weighted by Crippen LogP contribution is -2.33. The zero-order chi connectivity index (χ0) is 16.8.